The molecule has 78 valence electrons. The van der Waals surface area contributed by atoms with Gasteiger partial charge in [0.15, 0.2) is 0 Å². The van der Waals surface area contributed by atoms with Crippen molar-refractivity contribution in [3.63, 3.8) is 0 Å². The molecule has 4 nitrogen and oxygen atoms in total. The zero-order valence-corrected chi connectivity index (χ0v) is 8.40. The Labute approximate surface area is 87.5 Å². The van der Waals surface area contributed by atoms with Crippen molar-refractivity contribution in [1.82, 2.24) is 0 Å². The summed E-state index contributed by atoms with van der Waals surface area (Å²) in [7, 11) is 0. The minimum Gasteiger partial charge on any atom is -0.493 e. The summed E-state index contributed by atoms with van der Waals surface area (Å²) in [6.07, 6.45) is 2.44. The Balaban J connectivity index is 2.10. The van der Waals surface area contributed by atoms with Gasteiger partial charge in [-0.2, -0.15) is 0 Å². The maximum Gasteiger partial charge on any atom is 0.331 e. The van der Waals surface area contributed by atoms with Gasteiger partial charge in [0.05, 0.1) is 12.8 Å². The molecule has 4 heteroatoms. The Bertz CT molecular complexity index is 412. The fourth-order valence-electron chi connectivity index (χ4n) is 1.45. The second kappa shape index (κ2) is 4.13. The normalized spacial score (nSPS) is 13.7. The zero-order valence-electron chi connectivity index (χ0n) is 8.40. The number of hydrogen-bond donors (Lipinski definition) is 0. The molecule has 0 atom stereocenters. The Morgan fingerprint density at radius 1 is 1.60 bits per heavy atom. The van der Waals surface area contributed by atoms with E-state index in [-0.39, 0.29) is 0 Å². The van der Waals surface area contributed by atoms with Gasteiger partial charge in [-0.3, -0.25) is 0 Å². The maximum absolute atomic E-state index is 10.5. The molecule has 0 amide bonds. The molecule has 15 heavy (non-hydrogen) atoms. The van der Waals surface area contributed by atoms with Crippen LogP contribution in [0.15, 0.2) is 23.4 Å². The van der Waals surface area contributed by atoms with Gasteiger partial charge in [-0.1, -0.05) is 5.16 Å². The number of hydrogen-bond acceptors (Lipinski definition) is 4. The Hall–Kier alpha value is -1.84. The molecule has 0 saturated heterocycles. The van der Waals surface area contributed by atoms with Gasteiger partial charge < -0.3 is 9.57 Å². The van der Waals surface area contributed by atoms with Gasteiger partial charge in [0.1, 0.15) is 5.75 Å². The molecule has 0 fully saturated rings. The van der Waals surface area contributed by atoms with Crippen molar-refractivity contribution in [1.29, 1.82) is 0 Å². The number of fused-ring (bicyclic) bond motifs is 1. The summed E-state index contributed by atoms with van der Waals surface area (Å²) in [6, 6.07) is 5.75. The van der Waals surface area contributed by atoms with Crippen LogP contribution < -0.4 is 4.74 Å². The first kappa shape index (κ1) is 9.71. The molecule has 0 aliphatic carbocycles. The second-order valence-electron chi connectivity index (χ2n) is 3.28. The molecule has 0 radical (unpaired) electrons. The zero-order chi connectivity index (χ0) is 10.7. The van der Waals surface area contributed by atoms with Crippen LogP contribution in [0.2, 0.25) is 0 Å². The van der Waals surface area contributed by atoms with Crippen LogP contribution in [0, 0.1) is 0 Å². The van der Waals surface area contributed by atoms with Gasteiger partial charge in [-0.25, -0.2) is 4.79 Å². The summed E-state index contributed by atoms with van der Waals surface area (Å²) >= 11 is 0. The Morgan fingerprint density at radius 3 is 3.27 bits per heavy atom. The van der Waals surface area contributed by atoms with E-state index in [1.807, 2.05) is 18.2 Å². The van der Waals surface area contributed by atoms with Crippen molar-refractivity contribution in [2.75, 3.05) is 6.61 Å². The lowest BCUT2D eigenvalue weighted by Crippen LogP contribution is -1.92. The lowest BCUT2D eigenvalue weighted by Gasteiger charge is -1.98. The van der Waals surface area contributed by atoms with Crippen LogP contribution in [-0.4, -0.2) is 18.8 Å². The predicted molar refractivity (Wildman–Crippen MR) is 55.0 cm³/mol. The van der Waals surface area contributed by atoms with Crippen molar-refractivity contribution in [3.05, 3.63) is 29.3 Å². The van der Waals surface area contributed by atoms with Crippen LogP contribution >= 0.6 is 0 Å². The van der Waals surface area contributed by atoms with Crippen LogP contribution in [0.5, 0.6) is 5.75 Å². The summed E-state index contributed by atoms with van der Waals surface area (Å²) in [4.78, 5) is 14.9. The lowest BCUT2D eigenvalue weighted by molar-refractivity contribution is -0.140. The quantitative estimate of drug-likeness (QED) is 0.418. The minimum absolute atomic E-state index is 0.421. The molecule has 0 spiro atoms. The molecular weight excluding hydrogens is 194 g/mol. The topological polar surface area (TPSA) is 47.9 Å². The third-order valence-electron chi connectivity index (χ3n) is 2.10. The third kappa shape index (κ3) is 2.34. The average molecular weight is 205 g/mol. The van der Waals surface area contributed by atoms with Crippen LogP contribution in [0.1, 0.15) is 18.1 Å². The van der Waals surface area contributed by atoms with Crippen LogP contribution in [-0.2, 0) is 16.1 Å². The molecule has 1 aromatic rings. The van der Waals surface area contributed by atoms with E-state index in [4.69, 9.17) is 4.74 Å². The molecule has 1 heterocycles. The van der Waals surface area contributed by atoms with Crippen molar-refractivity contribution < 1.29 is 14.4 Å². The highest BCUT2D eigenvalue weighted by Crippen LogP contribution is 2.25. The number of nitrogens with zero attached hydrogens (tertiary/aromatic N) is 1. The van der Waals surface area contributed by atoms with E-state index in [1.165, 1.54) is 18.7 Å². The molecular formula is C11H11NO3. The standard InChI is InChI=1S/C11H11NO3/c1-8(13)15-12-7-9-2-3-11-10(6-9)4-5-14-11/h2-3,6-7H,4-5H2,1H3/b12-7+. The number of ether oxygens (including phenoxy) is 1. The van der Waals surface area contributed by atoms with Gasteiger partial charge in [0, 0.05) is 13.3 Å². The molecule has 0 aromatic heterocycles. The fraction of sp³-hybridized carbons (Fsp3) is 0.273. The summed E-state index contributed by atoms with van der Waals surface area (Å²) in [5.41, 5.74) is 2.07. The first-order valence-corrected chi connectivity index (χ1v) is 4.72. The van der Waals surface area contributed by atoms with E-state index in [1.54, 1.807) is 0 Å². The Kier molecular flexibility index (Phi) is 2.67. The van der Waals surface area contributed by atoms with Gasteiger partial charge >= 0.3 is 5.97 Å². The van der Waals surface area contributed by atoms with E-state index < -0.39 is 5.97 Å². The van der Waals surface area contributed by atoms with E-state index >= 15 is 0 Å². The van der Waals surface area contributed by atoms with E-state index in [9.17, 15) is 4.79 Å². The minimum atomic E-state index is -0.421. The molecule has 1 aliphatic heterocycles. The number of rotatable bonds is 2. The lowest BCUT2D eigenvalue weighted by atomic mass is 10.1. The fourth-order valence-corrected chi connectivity index (χ4v) is 1.45. The number of oxime groups is 1. The number of benzene rings is 1. The molecule has 0 bridgehead atoms. The van der Waals surface area contributed by atoms with E-state index in [2.05, 4.69) is 9.99 Å². The van der Waals surface area contributed by atoms with Gasteiger partial charge in [0.2, 0.25) is 0 Å². The number of carbonyl (C=O) groups is 1. The molecule has 0 N–H and O–H groups in total. The van der Waals surface area contributed by atoms with Crippen molar-refractivity contribution in [3.8, 4) is 5.75 Å². The summed E-state index contributed by atoms with van der Waals surface area (Å²) in [5, 5.41) is 3.55. The first-order chi connectivity index (χ1) is 7.25. The highest BCUT2D eigenvalue weighted by atomic mass is 16.7. The van der Waals surface area contributed by atoms with E-state index in [0.29, 0.717) is 0 Å². The van der Waals surface area contributed by atoms with Crippen LogP contribution in [0.3, 0.4) is 0 Å². The summed E-state index contributed by atoms with van der Waals surface area (Å²) in [6.45, 7) is 2.05. The average Bonchev–Trinajstić information content (AvgIpc) is 2.64. The highest BCUT2D eigenvalue weighted by molar-refractivity contribution is 5.80. The molecule has 0 unspecified atom stereocenters. The van der Waals surface area contributed by atoms with Crippen molar-refractivity contribution >= 4 is 12.2 Å². The molecule has 0 saturated carbocycles. The first-order valence-electron chi connectivity index (χ1n) is 4.72. The second-order valence-corrected chi connectivity index (χ2v) is 3.28. The van der Waals surface area contributed by atoms with Gasteiger partial charge in [0.25, 0.3) is 0 Å². The molecule has 1 aromatic carbocycles. The largest absolute Gasteiger partial charge is 0.493 e. The SMILES string of the molecule is CC(=O)O/N=C/c1ccc2c(c1)CCO2. The molecule has 2 rings (SSSR count). The predicted octanol–water partition coefficient (Wildman–Crippen LogP) is 1.52. The maximum atomic E-state index is 10.5. The summed E-state index contributed by atoms with van der Waals surface area (Å²) in [5.74, 6) is 0.510. The Morgan fingerprint density at radius 2 is 2.47 bits per heavy atom. The monoisotopic (exact) mass is 205 g/mol. The molecule has 1 aliphatic rings. The van der Waals surface area contributed by atoms with Gasteiger partial charge in [-0.15, -0.1) is 0 Å². The van der Waals surface area contributed by atoms with Gasteiger partial charge in [-0.05, 0) is 29.3 Å². The van der Waals surface area contributed by atoms with Crippen LogP contribution in [0.4, 0.5) is 0 Å². The van der Waals surface area contributed by atoms with Crippen molar-refractivity contribution in [2.24, 2.45) is 5.16 Å². The summed E-state index contributed by atoms with van der Waals surface area (Å²) < 4.78 is 5.37. The van der Waals surface area contributed by atoms with Crippen LogP contribution in [0.25, 0.3) is 0 Å². The van der Waals surface area contributed by atoms with Crippen molar-refractivity contribution in [2.45, 2.75) is 13.3 Å². The number of carbonyl (C=O) groups excluding carboxylic acids is 1. The third-order valence-corrected chi connectivity index (χ3v) is 2.10. The van der Waals surface area contributed by atoms with E-state index in [0.717, 1.165) is 24.3 Å². The smallest absolute Gasteiger partial charge is 0.331 e. The highest BCUT2D eigenvalue weighted by Gasteiger charge is 2.11.